The molecular formula is C15H13BrClN3O. The Morgan fingerprint density at radius 3 is 2.86 bits per heavy atom. The van der Waals surface area contributed by atoms with E-state index in [1.54, 1.807) is 13.2 Å². The quantitative estimate of drug-likeness (QED) is 0.735. The maximum absolute atomic E-state index is 6.32. The van der Waals surface area contributed by atoms with Crippen molar-refractivity contribution in [1.29, 1.82) is 0 Å². The second-order valence-corrected chi connectivity index (χ2v) is 6.02. The van der Waals surface area contributed by atoms with Crippen LogP contribution >= 0.6 is 27.5 Å². The Morgan fingerprint density at radius 2 is 2.14 bits per heavy atom. The summed E-state index contributed by atoms with van der Waals surface area (Å²) in [5, 5.41) is 0.557. The van der Waals surface area contributed by atoms with Gasteiger partial charge in [-0.25, -0.2) is 4.98 Å². The molecule has 0 unspecified atom stereocenters. The normalized spacial score (nSPS) is 11.0. The third-order valence-corrected chi connectivity index (χ3v) is 4.09. The van der Waals surface area contributed by atoms with Crippen LogP contribution in [-0.4, -0.2) is 16.5 Å². The molecule has 0 fully saturated rings. The summed E-state index contributed by atoms with van der Waals surface area (Å²) < 4.78 is 8.17. The molecule has 0 amide bonds. The highest BCUT2D eigenvalue weighted by Gasteiger charge is 2.19. The van der Waals surface area contributed by atoms with Gasteiger partial charge in [0.25, 0.3) is 0 Å². The molecule has 3 rings (SSSR count). The fourth-order valence-corrected chi connectivity index (χ4v) is 3.18. The zero-order valence-corrected chi connectivity index (χ0v) is 13.9. The summed E-state index contributed by atoms with van der Waals surface area (Å²) in [5.74, 6) is 1.18. The SMILES string of the molecule is COc1cccc(Cl)c1-c1nc2c(C)cc(Br)cn2c1N. The number of nitrogens with two attached hydrogens (primary N) is 1. The highest BCUT2D eigenvalue weighted by molar-refractivity contribution is 9.10. The number of pyridine rings is 1. The number of methoxy groups -OCH3 is 1. The van der Waals surface area contributed by atoms with Crippen LogP contribution in [0.3, 0.4) is 0 Å². The van der Waals surface area contributed by atoms with E-state index in [1.807, 2.05) is 35.7 Å². The van der Waals surface area contributed by atoms with Crippen molar-refractivity contribution in [2.75, 3.05) is 12.8 Å². The Hall–Kier alpha value is -1.72. The molecular weight excluding hydrogens is 354 g/mol. The van der Waals surface area contributed by atoms with Gasteiger partial charge in [-0.3, -0.25) is 4.40 Å². The molecule has 0 radical (unpaired) electrons. The van der Waals surface area contributed by atoms with Gasteiger partial charge in [-0.15, -0.1) is 0 Å². The summed E-state index contributed by atoms with van der Waals surface area (Å²) in [7, 11) is 1.60. The molecule has 108 valence electrons. The molecule has 0 spiro atoms. The molecule has 0 aliphatic heterocycles. The van der Waals surface area contributed by atoms with Crippen molar-refractivity contribution < 1.29 is 4.74 Å². The topological polar surface area (TPSA) is 52.5 Å². The number of fused-ring (bicyclic) bond motifs is 1. The van der Waals surface area contributed by atoms with E-state index in [-0.39, 0.29) is 0 Å². The lowest BCUT2D eigenvalue weighted by Crippen LogP contribution is -1.96. The number of hydrogen-bond acceptors (Lipinski definition) is 3. The number of nitrogen functional groups attached to an aromatic ring is 1. The summed E-state index contributed by atoms with van der Waals surface area (Å²) in [5.41, 5.74) is 9.42. The van der Waals surface area contributed by atoms with Crippen LogP contribution in [0.15, 0.2) is 34.9 Å². The monoisotopic (exact) mass is 365 g/mol. The van der Waals surface area contributed by atoms with Gasteiger partial charge in [0, 0.05) is 10.7 Å². The first-order valence-corrected chi connectivity index (χ1v) is 7.46. The van der Waals surface area contributed by atoms with Gasteiger partial charge in [-0.2, -0.15) is 0 Å². The van der Waals surface area contributed by atoms with Gasteiger partial charge < -0.3 is 10.5 Å². The predicted octanol–water partition coefficient (Wildman–Crippen LogP) is 4.32. The van der Waals surface area contributed by atoms with Crippen molar-refractivity contribution in [3.63, 3.8) is 0 Å². The molecule has 0 aliphatic carbocycles. The molecule has 0 atom stereocenters. The molecule has 0 aliphatic rings. The number of hydrogen-bond donors (Lipinski definition) is 1. The largest absolute Gasteiger partial charge is 0.496 e. The van der Waals surface area contributed by atoms with E-state index < -0.39 is 0 Å². The molecule has 6 heteroatoms. The Labute approximate surface area is 135 Å². The van der Waals surface area contributed by atoms with Crippen LogP contribution in [0.2, 0.25) is 5.02 Å². The highest BCUT2D eigenvalue weighted by atomic mass is 79.9. The third kappa shape index (κ3) is 2.26. The fraction of sp³-hybridized carbons (Fsp3) is 0.133. The van der Waals surface area contributed by atoms with Crippen molar-refractivity contribution in [3.05, 3.63) is 45.5 Å². The Balaban J connectivity index is 2.37. The first-order valence-electron chi connectivity index (χ1n) is 6.29. The van der Waals surface area contributed by atoms with Crippen molar-refractivity contribution in [1.82, 2.24) is 9.38 Å². The first kappa shape index (κ1) is 14.2. The van der Waals surface area contributed by atoms with Crippen LogP contribution in [0.5, 0.6) is 5.75 Å². The minimum Gasteiger partial charge on any atom is -0.496 e. The number of benzene rings is 1. The zero-order valence-electron chi connectivity index (χ0n) is 11.5. The van der Waals surface area contributed by atoms with Crippen molar-refractivity contribution >= 4 is 39.0 Å². The summed E-state index contributed by atoms with van der Waals surface area (Å²) in [6.07, 6.45) is 1.89. The minimum atomic E-state index is 0.529. The van der Waals surface area contributed by atoms with Gasteiger partial charge in [-0.1, -0.05) is 17.7 Å². The van der Waals surface area contributed by atoms with E-state index in [0.717, 1.165) is 15.7 Å². The molecule has 1 aromatic carbocycles. The molecule has 21 heavy (non-hydrogen) atoms. The highest BCUT2D eigenvalue weighted by Crippen LogP contribution is 2.39. The molecule has 4 nitrogen and oxygen atoms in total. The number of aromatic nitrogens is 2. The van der Waals surface area contributed by atoms with Crippen LogP contribution in [0.4, 0.5) is 5.82 Å². The van der Waals surface area contributed by atoms with Crippen molar-refractivity contribution in [2.24, 2.45) is 0 Å². The Bertz CT molecular complexity index is 845. The van der Waals surface area contributed by atoms with Gasteiger partial charge in [0.05, 0.1) is 17.7 Å². The Morgan fingerprint density at radius 1 is 1.38 bits per heavy atom. The van der Waals surface area contributed by atoms with Crippen LogP contribution < -0.4 is 10.5 Å². The van der Waals surface area contributed by atoms with E-state index in [2.05, 4.69) is 20.9 Å². The van der Waals surface area contributed by atoms with Gasteiger partial charge >= 0.3 is 0 Å². The molecule has 2 heterocycles. The summed E-state index contributed by atoms with van der Waals surface area (Å²) in [6, 6.07) is 7.47. The molecule has 0 saturated heterocycles. The average Bonchev–Trinajstić information content (AvgIpc) is 2.76. The number of halogens is 2. The lowest BCUT2D eigenvalue weighted by atomic mass is 10.1. The minimum absolute atomic E-state index is 0.529. The van der Waals surface area contributed by atoms with Crippen LogP contribution in [0.1, 0.15) is 5.56 Å². The average molecular weight is 367 g/mol. The second-order valence-electron chi connectivity index (χ2n) is 4.70. The second kappa shape index (κ2) is 5.24. The number of ether oxygens (including phenoxy) is 1. The summed E-state index contributed by atoms with van der Waals surface area (Å²) >= 11 is 9.79. The van der Waals surface area contributed by atoms with Crippen LogP contribution in [0.25, 0.3) is 16.9 Å². The molecule has 0 saturated carbocycles. The fourth-order valence-electron chi connectivity index (χ4n) is 2.37. The zero-order chi connectivity index (χ0) is 15.1. The maximum Gasteiger partial charge on any atom is 0.142 e. The number of imidazole rings is 1. The van der Waals surface area contributed by atoms with Crippen molar-refractivity contribution in [3.8, 4) is 17.0 Å². The smallest absolute Gasteiger partial charge is 0.142 e. The van der Waals surface area contributed by atoms with E-state index in [1.165, 1.54) is 0 Å². The first-order chi connectivity index (χ1) is 10.0. The van der Waals surface area contributed by atoms with Gasteiger partial charge in [-0.05, 0) is 46.6 Å². The third-order valence-electron chi connectivity index (χ3n) is 3.34. The lowest BCUT2D eigenvalue weighted by molar-refractivity contribution is 0.416. The summed E-state index contributed by atoms with van der Waals surface area (Å²) in [6.45, 7) is 1.99. The van der Waals surface area contributed by atoms with Gasteiger partial charge in [0.2, 0.25) is 0 Å². The number of nitrogens with zero attached hydrogens (tertiary/aromatic N) is 2. The maximum atomic E-state index is 6.32. The van der Waals surface area contributed by atoms with E-state index >= 15 is 0 Å². The van der Waals surface area contributed by atoms with Gasteiger partial charge in [0.1, 0.15) is 22.9 Å². The van der Waals surface area contributed by atoms with Crippen LogP contribution in [-0.2, 0) is 0 Å². The number of aryl methyl sites for hydroxylation is 1. The van der Waals surface area contributed by atoms with Gasteiger partial charge in [0.15, 0.2) is 0 Å². The lowest BCUT2D eigenvalue weighted by Gasteiger charge is -2.08. The number of rotatable bonds is 2. The standard InChI is InChI=1S/C15H13BrClN3O/c1-8-6-9(16)7-20-14(18)13(19-15(8)20)12-10(17)4-3-5-11(12)21-2/h3-7H,18H2,1-2H3. The van der Waals surface area contributed by atoms with Crippen LogP contribution in [0, 0.1) is 6.92 Å². The number of anilines is 1. The molecule has 0 bridgehead atoms. The molecule has 2 N–H and O–H groups in total. The van der Waals surface area contributed by atoms with E-state index in [9.17, 15) is 0 Å². The van der Waals surface area contributed by atoms with Crippen molar-refractivity contribution in [2.45, 2.75) is 6.92 Å². The van der Waals surface area contributed by atoms with E-state index in [4.69, 9.17) is 22.1 Å². The summed E-state index contributed by atoms with van der Waals surface area (Å²) in [4.78, 5) is 4.65. The predicted molar refractivity (Wildman–Crippen MR) is 89.0 cm³/mol. The molecule has 3 aromatic rings. The Kier molecular flexibility index (Phi) is 3.55. The molecule has 2 aromatic heterocycles. The van der Waals surface area contributed by atoms with E-state index in [0.29, 0.717) is 27.8 Å².